The summed E-state index contributed by atoms with van der Waals surface area (Å²) in [6, 6.07) is 8.89. The predicted octanol–water partition coefficient (Wildman–Crippen LogP) is 4.08. The number of aromatic nitrogens is 2. The fourth-order valence-electron chi connectivity index (χ4n) is 1.82. The summed E-state index contributed by atoms with van der Waals surface area (Å²) in [6.45, 7) is 4.44. The number of hydrogen-bond donors (Lipinski definition) is 1. The summed E-state index contributed by atoms with van der Waals surface area (Å²) in [5.74, 6) is 0.603. The quantitative estimate of drug-likeness (QED) is 0.904. The number of nitrogens with zero attached hydrogens (tertiary/aromatic N) is 1. The zero-order chi connectivity index (χ0) is 12.3. The lowest BCUT2D eigenvalue weighted by molar-refractivity contribution is 0.861. The third-order valence-electron chi connectivity index (χ3n) is 2.98. The average molecular weight is 293 g/mol. The highest BCUT2D eigenvalue weighted by Crippen LogP contribution is 2.17. The average Bonchev–Trinajstić information content (AvgIpc) is 2.73. The van der Waals surface area contributed by atoms with Gasteiger partial charge in [0.15, 0.2) is 0 Å². The molecule has 2 nitrogen and oxygen atoms in total. The molecule has 0 fully saturated rings. The van der Waals surface area contributed by atoms with Gasteiger partial charge >= 0.3 is 0 Å². The van der Waals surface area contributed by atoms with Crippen LogP contribution in [0.25, 0.3) is 0 Å². The van der Waals surface area contributed by atoms with Crippen LogP contribution in [0.3, 0.4) is 0 Å². The highest BCUT2D eigenvalue weighted by atomic mass is 79.9. The van der Waals surface area contributed by atoms with Crippen molar-refractivity contribution in [2.24, 2.45) is 0 Å². The van der Waals surface area contributed by atoms with Gasteiger partial charge in [-0.1, -0.05) is 38.1 Å². The number of benzene rings is 1. The Balaban J connectivity index is 1.98. The SMILES string of the molecule is CC(C)c1ccc(CCc2[nH]cnc2Br)cc1. The molecule has 90 valence electrons. The maximum atomic E-state index is 4.13. The fraction of sp³-hybridized carbons (Fsp3) is 0.357. The van der Waals surface area contributed by atoms with Gasteiger partial charge in [-0.15, -0.1) is 0 Å². The second-order valence-corrected chi connectivity index (χ2v) is 5.32. The molecule has 0 bridgehead atoms. The van der Waals surface area contributed by atoms with Crippen molar-refractivity contribution in [3.05, 3.63) is 52.0 Å². The molecule has 1 aromatic carbocycles. The maximum absolute atomic E-state index is 4.13. The molecule has 0 radical (unpaired) electrons. The number of aryl methyl sites for hydroxylation is 2. The maximum Gasteiger partial charge on any atom is 0.127 e. The Kier molecular flexibility index (Phi) is 4.00. The van der Waals surface area contributed by atoms with E-state index in [9.17, 15) is 0 Å². The second kappa shape index (κ2) is 5.50. The molecule has 2 rings (SSSR count). The van der Waals surface area contributed by atoms with Crippen LogP contribution >= 0.6 is 15.9 Å². The van der Waals surface area contributed by atoms with Crippen molar-refractivity contribution in [2.75, 3.05) is 0 Å². The fourth-order valence-corrected chi connectivity index (χ4v) is 2.23. The molecule has 2 aromatic rings. The van der Waals surface area contributed by atoms with E-state index in [4.69, 9.17) is 0 Å². The molecule has 0 spiro atoms. The molecule has 1 heterocycles. The van der Waals surface area contributed by atoms with Crippen LogP contribution < -0.4 is 0 Å². The first kappa shape index (κ1) is 12.4. The summed E-state index contributed by atoms with van der Waals surface area (Å²) >= 11 is 3.43. The minimum atomic E-state index is 0.603. The van der Waals surface area contributed by atoms with Gasteiger partial charge in [0.05, 0.1) is 6.33 Å². The third kappa shape index (κ3) is 3.19. The summed E-state index contributed by atoms with van der Waals surface area (Å²) in [4.78, 5) is 7.27. The van der Waals surface area contributed by atoms with Crippen LogP contribution in [0.5, 0.6) is 0 Å². The van der Waals surface area contributed by atoms with E-state index in [-0.39, 0.29) is 0 Å². The minimum absolute atomic E-state index is 0.603. The number of aromatic amines is 1. The van der Waals surface area contributed by atoms with Crippen molar-refractivity contribution < 1.29 is 0 Å². The summed E-state index contributed by atoms with van der Waals surface area (Å²) < 4.78 is 0.927. The molecule has 0 atom stereocenters. The molecule has 0 unspecified atom stereocenters. The summed E-state index contributed by atoms with van der Waals surface area (Å²) in [5.41, 5.74) is 3.94. The number of hydrogen-bond acceptors (Lipinski definition) is 1. The molecule has 3 heteroatoms. The zero-order valence-electron chi connectivity index (χ0n) is 10.2. The van der Waals surface area contributed by atoms with E-state index < -0.39 is 0 Å². The van der Waals surface area contributed by atoms with Gasteiger partial charge in [-0.3, -0.25) is 0 Å². The van der Waals surface area contributed by atoms with Gasteiger partial charge in [0, 0.05) is 5.69 Å². The highest BCUT2D eigenvalue weighted by molar-refractivity contribution is 9.10. The van der Waals surface area contributed by atoms with Gasteiger partial charge in [0.25, 0.3) is 0 Å². The topological polar surface area (TPSA) is 28.7 Å². The van der Waals surface area contributed by atoms with E-state index >= 15 is 0 Å². The molecule has 17 heavy (non-hydrogen) atoms. The van der Waals surface area contributed by atoms with Crippen molar-refractivity contribution >= 4 is 15.9 Å². The van der Waals surface area contributed by atoms with Gasteiger partial charge in [-0.05, 0) is 45.8 Å². The molecule has 0 saturated heterocycles. The van der Waals surface area contributed by atoms with Crippen LogP contribution in [-0.2, 0) is 12.8 Å². The molecule has 0 aliphatic heterocycles. The van der Waals surface area contributed by atoms with Crippen LogP contribution in [-0.4, -0.2) is 9.97 Å². The standard InChI is InChI=1S/C14H17BrN2/c1-10(2)12-6-3-11(4-7-12)5-8-13-14(15)17-9-16-13/h3-4,6-7,9-10H,5,8H2,1-2H3,(H,16,17). The first-order valence-electron chi connectivity index (χ1n) is 5.93. The van der Waals surface area contributed by atoms with E-state index in [1.165, 1.54) is 11.1 Å². The van der Waals surface area contributed by atoms with Crippen LogP contribution in [0, 0.1) is 0 Å². The van der Waals surface area contributed by atoms with Crippen LogP contribution in [0.2, 0.25) is 0 Å². The number of rotatable bonds is 4. The summed E-state index contributed by atoms with van der Waals surface area (Å²) in [6.07, 6.45) is 3.75. The highest BCUT2D eigenvalue weighted by Gasteiger charge is 2.03. The Morgan fingerprint density at radius 2 is 1.88 bits per heavy atom. The lowest BCUT2D eigenvalue weighted by Crippen LogP contribution is -1.94. The number of H-pyrrole nitrogens is 1. The lowest BCUT2D eigenvalue weighted by atomic mass is 10.00. The first-order chi connectivity index (χ1) is 8.16. The smallest absolute Gasteiger partial charge is 0.127 e. The van der Waals surface area contributed by atoms with Crippen LogP contribution in [0.1, 0.15) is 36.6 Å². The van der Waals surface area contributed by atoms with E-state index in [1.54, 1.807) is 6.33 Å². The molecule has 1 aromatic heterocycles. The van der Waals surface area contributed by atoms with E-state index in [1.807, 2.05) is 0 Å². The molecule has 0 amide bonds. The minimum Gasteiger partial charge on any atom is -0.348 e. The molecular weight excluding hydrogens is 276 g/mol. The lowest BCUT2D eigenvalue weighted by Gasteiger charge is -2.06. The van der Waals surface area contributed by atoms with Crippen molar-refractivity contribution in [3.63, 3.8) is 0 Å². The Morgan fingerprint density at radius 1 is 1.18 bits per heavy atom. The van der Waals surface area contributed by atoms with Gasteiger partial charge in [0.2, 0.25) is 0 Å². The molecule has 0 saturated carbocycles. The third-order valence-corrected chi connectivity index (χ3v) is 3.66. The van der Waals surface area contributed by atoms with Crippen molar-refractivity contribution in [1.82, 2.24) is 9.97 Å². The second-order valence-electron chi connectivity index (χ2n) is 4.57. The van der Waals surface area contributed by atoms with Crippen LogP contribution in [0.4, 0.5) is 0 Å². The Hall–Kier alpha value is -1.09. The van der Waals surface area contributed by atoms with E-state index in [0.29, 0.717) is 5.92 Å². The van der Waals surface area contributed by atoms with Crippen molar-refractivity contribution in [1.29, 1.82) is 0 Å². The van der Waals surface area contributed by atoms with Gasteiger partial charge in [-0.2, -0.15) is 0 Å². The first-order valence-corrected chi connectivity index (χ1v) is 6.72. The molecule has 0 aliphatic rings. The van der Waals surface area contributed by atoms with Gasteiger partial charge < -0.3 is 4.98 Å². The van der Waals surface area contributed by atoms with Gasteiger partial charge in [-0.25, -0.2) is 4.98 Å². The van der Waals surface area contributed by atoms with E-state index in [2.05, 4.69) is 64.0 Å². The summed E-state index contributed by atoms with van der Waals surface area (Å²) in [5, 5.41) is 0. The normalized spacial score (nSPS) is 11.1. The van der Waals surface area contributed by atoms with Crippen LogP contribution in [0.15, 0.2) is 35.2 Å². The Bertz CT molecular complexity index is 471. The Labute approximate surface area is 111 Å². The summed E-state index contributed by atoms with van der Waals surface area (Å²) in [7, 11) is 0. The largest absolute Gasteiger partial charge is 0.348 e. The van der Waals surface area contributed by atoms with Crippen molar-refractivity contribution in [2.45, 2.75) is 32.6 Å². The monoisotopic (exact) mass is 292 g/mol. The number of halogens is 1. The number of nitrogens with one attached hydrogen (secondary N) is 1. The Morgan fingerprint density at radius 3 is 2.41 bits per heavy atom. The zero-order valence-corrected chi connectivity index (χ0v) is 11.8. The van der Waals surface area contributed by atoms with E-state index in [0.717, 1.165) is 23.1 Å². The molecular formula is C14H17BrN2. The molecule has 1 N–H and O–H groups in total. The van der Waals surface area contributed by atoms with Crippen molar-refractivity contribution in [3.8, 4) is 0 Å². The van der Waals surface area contributed by atoms with Gasteiger partial charge in [0.1, 0.15) is 4.60 Å². The predicted molar refractivity (Wildman–Crippen MR) is 74.2 cm³/mol. The molecule has 0 aliphatic carbocycles. The number of imidazole rings is 1.